The van der Waals surface area contributed by atoms with E-state index in [1.54, 1.807) is 54.6 Å². The lowest BCUT2D eigenvalue weighted by molar-refractivity contribution is -0.139. The van der Waals surface area contributed by atoms with E-state index in [0.717, 1.165) is 6.07 Å². The van der Waals surface area contributed by atoms with Crippen LogP contribution in [0.2, 0.25) is 5.02 Å². The zero-order valence-electron chi connectivity index (χ0n) is 17.8. The lowest BCUT2D eigenvalue weighted by Gasteiger charge is -2.24. The minimum atomic E-state index is -4.52. The lowest BCUT2D eigenvalue weighted by Crippen LogP contribution is -2.35. The summed E-state index contributed by atoms with van der Waals surface area (Å²) in [5.74, 6) is -0.868. The van der Waals surface area contributed by atoms with Crippen molar-refractivity contribution in [3.05, 3.63) is 106 Å². The molecule has 2 amide bonds. The molecule has 3 aromatic rings. The molecule has 4 nitrogen and oxygen atoms in total. The molecule has 33 heavy (non-hydrogen) atoms. The molecule has 3 aromatic carbocycles. The van der Waals surface area contributed by atoms with Crippen molar-refractivity contribution in [3.8, 4) is 0 Å². The highest BCUT2D eigenvalue weighted by Gasteiger charge is 2.33. The summed E-state index contributed by atoms with van der Waals surface area (Å²) in [5.41, 5.74) is 0.170. The molecular weight excluding hydrogens is 453 g/mol. The smallest absolute Gasteiger partial charge is 0.345 e. The van der Waals surface area contributed by atoms with Gasteiger partial charge < -0.3 is 10.2 Å². The SMILES string of the molecule is CN(Cc1ccccc1C(F)(F)F)C(=O)C[C@H](NC(=O)c1ccccc1Cl)c1ccccc1. The molecule has 0 aliphatic heterocycles. The second kappa shape index (κ2) is 10.5. The molecule has 0 saturated heterocycles. The molecular formula is C25H22ClF3N2O2. The van der Waals surface area contributed by atoms with Crippen LogP contribution in [0.25, 0.3) is 0 Å². The van der Waals surface area contributed by atoms with Crippen LogP contribution in [0, 0.1) is 0 Å². The predicted octanol–water partition coefficient (Wildman–Crippen LogP) is 5.88. The molecule has 0 saturated carbocycles. The third-order valence-corrected chi connectivity index (χ3v) is 5.49. The monoisotopic (exact) mass is 474 g/mol. The van der Waals surface area contributed by atoms with E-state index in [0.29, 0.717) is 5.56 Å². The maximum absolute atomic E-state index is 13.3. The summed E-state index contributed by atoms with van der Waals surface area (Å²) in [6.07, 6.45) is -4.65. The third kappa shape index (κ3) is 6.35. The van der Waals surface area contributed by atoms with Gasteiger partial charge >= 0.3 is 6.18 Å². The number of benzene rings is 3. The Morgan fingerprint density at radius 3 is 2.21 bits per heavy atom. The van der Waals surface area contributed by atoms with E-state index in [4.69, 9.17) is 11.6 Å². The first-order valence-electron chi connectivity index (χ1n) is 10.2. The van der Waals surface area contributed by atoms with E-state index in [1.807, 2.05) is 0 Å². The van der Waals surface area contributed by atoms with Crippen molar-refractivity contribution in [2.45, 2.75) is 25.2 Å². The molecule has 0 aromatic heterocycles. The van der Waals surface area contributed by atoms with Crippen molar-refractivity contribution in [1.29, 1.82) is 0 Å². The Morgan fingerprint density at radius 2 is 1.55 bits per heavy atom. The van der Waals surface area contributed by atoms with Crippen LogP contribution < -0.4 is 5.32 Å². The lowest BCUT2D eigenvalue weighted by atomic mass is 10.0. The summed E-state index contributed by atoms with van der Waals surface area (Å²) < 4.78 is 39.9. The number of nitrogens with one attached hydrogen (secondary N) is 1. The van der Waals surface area contributed by atoms with E-state index in [1.165, 1.54) is 30.1 Å². The summed E-state index contributed by atoms with van der Waals surface area (Å²) >= 11 is 6.12. The number of halogens is 4. The van der Waals surface area contributed by atoms with Crippen LogP contribution in [0.5, 0.6) is 0 Å². The van der Waals surface area contributed by atoms with Crippen molar-refractivity contribution in [2.75, 3.05) is 7.05 Å². The third-order valence-electron chi connectivity index (χ3n) is 5.16. The number of hydrogen-bond acceptors (Lipinski definition) is 2. The molecule has 0 spiro atoms. The molecule has 0 unspecified atom stereocenters. The quantitative estimate of drug-likeness (QED) is 0.465. The van der Waals surface area contributed by atoms with Gasteiger partial charge in [0.15, 0.2) is 0 Å². The number of carbonyl (C=O) groups is 2. The van der Waals surface area contributed by atoms with Gasteiger partial charge in [-0.2, -0.15) is 13.2 Å². The molecule has 1 atom stereocenters. The van der Waals surface area contributed by atoms with Crippen LogP contribution in [0.1, 0.15) is 39.5 Å². The molecule has 0 bridgehead atoms. The van der Waals surface area contributed by atoms with Gasteiger partial charge in [-0.3, -0.25) is 9.59 Å². The standard InChI is InChI=1S/C25H22ClF3N2O2/c1-31(16-18-11-5-7-13-20(18)25(27,28)29)23(32)15-22(17-9-3-2-4-10-17)30-24(33)19-12-6-8-14-21(19)26/h2-14,22H,15-16H2,1H3,(H,30,33)/t22-/m0/s1. The van der Waals surface area contributed by atoms with Crippen LogP contribution in [-0.4, -0.2) is 23.8 Å². The number of hydrogen-bond donors (Lipinski definition) is 1. The minimum absolute atomic E-state index is 0.00258. The Bertz CT molecular complexity index is 1120. The van der Waals surface area contributed by atoms with Gasteiger partial charge in [0, 0.05) is 13.6 Å². The topological polar surface area (TPSA) is 49.4 Å². The summed E-state index contributed by atoms with van der Waals surface area (Å²) in [4.78, 5) is 27.0. The second-order valence-electron chi connectivity index (χ2n) is 7.53. The first-order chi connectivity index (χ1) is 15.7. The Balaban J connectivity index is 1.78. The van der Waals surface area contributed by atoms with Gasteiger partial charge in [0.05, 0.1) is 28.6 Å². The van der Waals surface area contributed by atoms with Gasteiger partial charge in [-0.05, 0) is 29.3 Å². The van der Waals surface area contributed by atoms with Gasteiger partial charge in [-0.15, -0.1) is 0 Å². The normalized spacial score (nSPS) is 12.2. The molecule has 8 heteroatoms. The number of rotatable bonds is 7. The van der Waals surface area contributed by atoms with Crippen molar-refractivity contribution < 1.29 is 22.8 Å². The Morgan fingerprint density at radius 1 is 0.939 bits per heavy atom. The zero-order chi connectivity index (χ0) is 24.0. The molecule has 3 rings (SSSR count). The van der Waals surface area contributed by atoms with Crippen molar-refractivity contribution in [1.82, 2.24) is 10.2 Å². The summed E-state index contributed by atoms with van der Waals surface area (Å²) in [6, 6.07) is 19.9. The Kier molecular flexibility index (Phi) is 7.76. The molecule has 0 aliphatic carbocycles. The summed E-state index contributed by atoms with van der Waals surface area (Å²) in [6.45, 7) is -0.214. The number of alkyl halides is 3. The first-order valence-corrected chi connectivity index (χ1v) is 10.5. The van der Waals surface area contributed by atoms with E-state index in [9.17, 15) is 22.8 Å². The highest BCUT2D eigenvalue weighted by atomic mass is 35.5. The molecule has 0 fully saturated rings. The van der Waals surface area contributed by atoms with Gasteiger partial charge in [0.25, 0.3) is 5.91 Å². The molecule has 1 N–H and O–H groups in total. The van der Waals surface area contributed by atoms with Crippen molar-refractivity contribution >= 4 is 23.4 Å². The molecule has 172 valence electrons. The van der Waals surface area contributed by atoms with E-state index in [-0.39, 0.29) is 29.1 Å². The largest absolute Gasteiger partial charge is 0.416 e. The van der Waals surface area contributed by atoms with Crippen LogP contribution in [0.3, 0.4) is 0 Å². The van der Waals surface area contributed by atoms with Gasteiger partial charge in [0.2, 0.25) is 5.91 Å². The fraction of sp³-hybridized carbons (Fsp3) is 0.200. The fourth-order valence-electron chi connectivity index (χ4n) is 3.43. The highest BCUT2D eigenvalue weighted by molar-refractivity contribution is 6.33. The van der Waals surface area contributed by atoms with E-state index in [2.05, 4.69) is 5.32 Å². The van der Waals surface area contributed by atoms with Crippen molar-refractivity contribution in [3.63, 3.8) is 0 Å². The van der Waals surface area contributed by atoms with E-state index >= 15 is 0 Å². The second-order valence-corrected chi connectivity index (χ2v) is 7.93. The molecule has 0 radical (unpaired) electrons. The van der Waals surface area contributed by atoms with Gasteiger partial charge in [0.1, 0.15) is 0 Å². The zero-order valence-corrected chi connectivity index (χ0v) is 18.5. The van der Waals surface area contributed by atoms with Gasteiger partial charge in [-0.1, -0.05) is 72.3 Å². The minimum Gasteiger partial charge on any atom is -0.345 e. The van der Waals surface area contributed by atoms with Crippen LogP contribution in [0.4, 0.5) is 13.2 Å². The average molecular weight is 475 g/mol. The molecule has 0 aliphatic rings. The maximum atomic E-state index is 13.3. The summed E-state index contributed by atoms with van der Waals surface area (Å²) in [5, 5.41) is 3.10. The summed E-state index contributed by atoms with van der Waals surface area (Å²) in [7, 11) is 1.44. The highest BCUT2D eigenvalue weighted by Crippen LogP contribution is 2.32. The average Bonchev–Trinajstić information content (AvgIpc) is 2.79. The predicted molar refractivity (Wildman–Crippen MR) is 121 cm³/mol. The van der Waals surface area contributed by atoms with Gasteiger partial charge in [-0.25, -0.2) is 0 Å². The first kappa shape index (κ1) is 24.3. The van der Waals surface area contributed by atoms with Crippen LogP contribution in [0.15, 0.2) is 78.9 Å². The van der Waals surface area contributed by atoms with Crippen LogP contribution >= 0.6 is 11.6 Å². The van der Waals surface area contributed by atoms with E-state index < -0.39 is 29.6 Å². The van der Waals surface area contributed by atoms with Crippen LogP contribution in [-0.2, 0) is 17.5 Å². The number of nitrogens with zero attached hydrogens (tertiary/aromatic N) is 1. The Hall–Kier alpha value is -3.32. The number of amides is 2. The Labute approximate surface area is 195 Å². The van der Waals surface area contributed by atoms with Crippen molar-refractivity contribution in [2.24, 2.45) is 0 Å². The molecule has 0 heterocycles. The maximum Gasteiger partial charge on any atom is 0.416 e. The number of carbonyl (C=O) groups excluding carboxylic acids is 2. The fourth-order valence-corrected chi connectivity index (χ4v) is 3.65.